The number of benzene rings is 1. The van der Waals surface area contributed by atoms with Gasteiger partial charge in [-0.15, -0.1) is 0 Å². The number of nitrogens with zero attached hydrogens (tertiary/aromatic N) is 2. The maximum absolute atomic E-state index is 13.6. The first kappa shape index (κ1) is 17.7. The number of amides is 1. The number of hydrogen-bond acceptors (Lipinski definition) is 3. The van der Waals surface area contributed by atoms with Crippen LogP contribution >= 0.6 is 11.8 Å². The third-order valence-corrected chi connectivity index (χ3v) is 4.19. The van der Waals surface area contributed by atoms with Gasteiger partial charge in [0.15, 0.2) is 22.6 Å². The summed E-state index contributed by atoms with van der Waals surface area (Å²) in [7, 11) is 0. The highest BCUT2D eigenvalue weighted by atomic mass is 32.2. The van der Waals surface area contributed by atoms with E-state index in [1.807, 2.05) is 27.7 Å². The number of fused-ring (bicyclic) bond motifs is 1. The second-order valence-electron chi connectivity index (χ2n) is 5.70. The van der Waals surface area contributed by atoms with E-state index in [2.05, 4.69) is 9.97 Å². The minimum Gasteiger partial charge on any atom is -0.337 e. The molecule has 1 amide bonds. The van der Waals surface area contributed by atoms with E-state index in [0.717, 1.165) is 17.8 Å². The molecule has 1 heterocycles. The molecule has 0 aliphatic carbocycles. The first-order chi connectivity index (χ1) is 10.7. The first-order valence-corrected chi connectivity index (χ1v) is 8.18. The van der Waals surface area contributed by atoms with Gasteiger partial charge < -0.3 is 9.88 Å². The molecule has 0 spiro atoms. The van der Waals surface area contributed by atoms with Crippen LogP contribution in [0.4, 0.5) is 13.2 Å². The van der Waals surface area contributed by atoms with Crippen molar-refractivity contribution < 1.29 is 18.0 Å². The standard InChI is InChI=1S/C15H18F3N3OS/c1-7(2)21(8(3)4)11(22)6-23-15-19-10-5-9(16)12(17)13(18)14(10)20-15/h5,7-8H,6H2,1-4H3,(H,19,20). The predicted octanol–water partition coefficient (Wildman–Crippen LogP) is 3.72. The summed E-state index contributed by atoms with van der Waals surface area (Å²) in [5.74, 6) is -4.13. The van der Waals surface area contributed by atoms with Crippen molar-refractivity contribution in [2.24, 2.45) is 0 Å². The first-order valence-electron chi connectivity index (χ1n) is 7.19. The van der Waals surface area contributed by atoms with Gasteiger partial charge in [-0.1, -0.05) is 11.8 Å². The van der Waals surface area contributed by atoms with Crippen LogP contribution in [0.2, 0.25) is 0 Å². The van der Waals surface area contributed by atoms with Gasteiger partial charge in [-0.3, -0.25) is 4.79 Å². The third-order valence-electron chi connectivity index (χ3n) is 3.33. The van der Waals surface area contributed by atoms with Gasteiger partial charge in [0.2, 0.25) is 5.91 Å². The lowest BCUT2D eigenvalue weighted by Crippen LogP contribution is -2.43. The van der Waals surface area contributed by atoms with Gasteiger partial charge in [0.05, 0.1) is 11.3 Å². The molecule has 0 radical (unpaired) electrons. The number of hydrogen-bond donors (Lipinski definition) is 1. The van der Waals surface area contributed by atoms with Gasteiger partial charge in [0.25, 0.3) is 0 Å². The minimum atomic E-state index is -1.54. The molecule has 0 fully saturated rings. The fraction of sp³-hybridized carbons (Fsp3) is 0.467. The van der Waals surface area contributed by atoms with Gasteiger partial charge in [0.1, 0.15) is 5.52 Å². The van der Waals surface area contributed by atoms with E-state index >= 15 is 0 Å². The maximum Gasteiger partial charge on any atom is 0.233 e. The summed E-state index contributed by atoms with van der Waals surface area (Å²) in [5.41, 5.74) is -0.218. The molecular weight excluding hydrogens is 327 g/mol. The lowest BCUT2D eigenvalue weighted by atomic mass is 10.2. The van der Waals surface area contributed by atoms with E-state index in [1.165, 1.54) is 0 Å². The fourth-order valence-electron chi connectivity index (χ4n) is 2.48. The highest BCUT2D eigenvalue weighted by Gasteiger charge is 2.21. The average molecular weight is 345 g/mol. The number of nitrogens with one attached hydrogen (secondary N) is 1. The van der Waals surface area contributed by atoms with Crippen molar-refractivity contribution in [3.63, 3.8) is 0 Å². The highest BCUT2D eigenvalue weighted by Crippen LogP contribution is 2.25. The zero-order valence-corrected chi connectivity index (χ0v) is 14.1. The van der Waals surface area contributed by atoms with E-state index in [-0.39, 0.29) is 39.9 Å². The van der Waals surface area contributed by atoms with Gasteiger partial charge >= 0.3 is 0 Å². The zero-order chi connectivity index (χ0) is 17.3. The molecule has 0 aliphatic rings. The number of aromatic amines is 1. The quantitative estimate of drug-likeness (QED) is 0.664. The Bertz CT molecular complexity index is 722. The van der Waals surface area contributed by atoms with Gasteiger partial charge in [-0.2, -0.15) is 0 Å². The van der Waals surface area contributed by atoms with Crippen LogP contribution in [0.15, 0.2) is 11.2 Å². The van der Waals surface area contributed by atoms with Crippen LogP contribution in [0, 0.1) is 17.5 Å². The van der Waals surface area contributed by atoms with Gasteiger partial charge in [-0.25, -0.2) is 18.2 Å². The molecule has 1 N–H and O–H groups in total. The smallest absolute Gasteiger partial charge is 0.233 e. The topological polar surface area (TPSA) is 49.0 Å². The molecule has 0 atom stereocenters. The van der Waals surface area contributed by atoms with E-state index in [4.69, 9.17) is 0 Å². The van der Waals surface area contributed by atoms with Crippen LogP contribution in [0.1, 0.15) is 27.7 Å². The SMILES string of the molecule is CC(C)N(C(=O)CSc1nc2cc(F)c(F)c(F)c2[nH]1)C(C)C. The highest BCUT2D eigenvalue weighted by molar-refractivity contribution is 7.99. The van der Waals surface area contributed by atoms with Crippen LogP contribution in [-0.2, 0) is 4.79 Å². The summed E-state index contributed by atoms with van der Waals surface area (Å²) in [6.07, 6.45) is 0. The summed E-state index contributed by atoms with van der Waals surface area (Å²) >= 11 is 1.07. The summed E-state index contributed by atoms with van der Waals surface area (Å²) in [5, 5.41) is 0.240. The molecule has 8 heteroatoms. The van der Waals surface area contributed by atoms with E-state index in [1.54, 1.807) is 4.90 Å². The molecule has 0 saturated carbocycles. The van der Waals surface area contributed by atoms with Crippen molar-refractivity contribution in [3.05, 3.63) is 23.5 Å². The largest absolute Gasteiger partial charge is 0.337 e. The molecule has 126 valence electrons. The Morgan fingerprint density at radius 2 is 1.83 bits per heavy atom. The second kappa shape index (κ2) is 6.82. The summed E-state index contributed by atoms with van der Waals surface area (Å²) < 4.78 is 40.0. The van der Waals surface area contributed by atoms with E-state index in [0.29, 0.717) is 0 Å². The second-order valence-corrected chi connectivity index (χ2v) is 6.66. The number of H-pyrrole nitrogens is 1. The Labute approximate surface area is 136 Å². The number of carbonyl (C=O) groups excluding carboxylic acids is 1. The Hall–Kier alpha value is -1.70. The van der Waals surface area contributed by atoms with Gasteiger partial charge in [-0.05, 0) is 27.7 Å². The average Bonchev–Trinajstić information content (AvgIpc) is 2.85. The molecule has 0 bridgehead atoms. The van der Waals surface area contributed by atoms with Crippen LogP contribution in [0.5, 0.6) is 0 Å². The Kier molecular flexibility index (Phi) is 5.23. The molecule has 23 heavy (non-hydrogen) atoms. The molecule has 1 aromatic carbocycles. The normalized spacial score (nSPS) is 11.7. The van der Waals surface area contributed by atoms with Crippen LogP contribution in [0.25, 0.3) is 11.0 Å². The van der Waals surface area contributed by atoms with Crippen LogP contribution in [0.3, 0.4) is 0 Å². The summed E-state index contributed by atoms with van der Waals surface area (Å²) in [4.78, 5) is 20.6. The van der Waals surface area contributed by atoms with Crippen LogP contribution in [-0.4, -0.2) is 38.6 Å². The van der Waals surface area contributed by atoms with E-state index in [9.17, 15) is 18.0 Å². The van der Waals surface area contributed by atoms with Crippen molar-refractivity contribution in [2.45, 2.75) is 44.9 Å². The molecule has 0 saturated heterocycles. The van der Waals surface area contributed by atoms with Crippen LogP contribution < -0.4 is 0 Å². The molecule has 0 aliphatic heterocycles. The zero-order valence-electron chi connectivity index (χ0n) is 13.3. The third kappa shape index (κ3) is 3.63. The fourth-order valence-corrected chi connectivity index (χ4v) is 3.23. The number of halogens is 3. The monoisotopic (exact) mass is 345 g/mol. The number of thioether (sulfide) groups is 1. The molecule has 2 rings (SSSR count). The van der Waals surface area contributed by atoms with Crippen molar-refractivity contribution >= 4 is 28.7 Å². The predicted molar refractivity (Wildman–Crippen MR) is 83.8 cm³/mol. The molecule has 1 aromatic heterocycles. The molecule has 0 unspecified atom stereocenters. The Balaban J connectivity index is 2.17. The summed E-state index contributed by atoms with van der Waals surface area (Å²) in [6.45, 7) is 7.69. The molecule has 4 nitrogen and oxygen atoms in total. The lowest BCUT2D eigenvalue weighted by Gasteiger charge is -2.30. The number of carbonyl (C=O) groups is 1. The lowest BCUT2D eigenvalue weighted by molar-refractivity contribution is -0.131. The minimum absolute atomic E-state index is 0.0130. The molecular formula is C15H18F3N3OS. The molecule has 2 aromatic rings. The number of aromatic nitrogens is 2. The maximum atomic E-state index is 13.6. The van der Waals surface area contributed by atoms with Crippen molar-refractivity contribution in [3.8, 4) is 0 Å². The Morgan fingerprint density at radius 1 is 1.22 bits per heavy atom. The van der Waals surface area contributed by atoms with Crippen molar-refractivity contribution in [1.82, 2.24) is 14.9 Å². The van der Waals surface area contributed by atoms with Crippen molar-refractivity contribution in [1.29, 1.82) is 0 Å². The Morgan fingerprint density at radius 3 is 2.39 bits per heavy atom. The van der Waals surface area contributed by atoms with E-state index < -0.39 is 17.5 Å². The number of rotatable bonds is 5. The van der Waals surface area contributed by atoms with Gasteiger partial charge in [0, 0.05) is 18.2 Å². The van der Waals surface area contributed by atoms with Crippen molar-refractivity contribution in [2.75, 3.05) is 5.75 Å². The number of imidazole rings is 1. The summed E-state index contributed by atoms with van der Waals surface area (Å²) in [6, 6.07) is 0.934.